The number of methoxy groups -OCH3 is 2. The Kier molecular flexibility index (Phi) is 11.3. The molecule has 4 rings (SSSR count). The SMILES string of the molecule is CNC(=O)[C@H](Cc1ccccc1)N(Cc1ccccc1Cl)C(=O)CN(c1cc(C)cc(C)c1)S(=O)(=O)c1ccc(OC)c(OC)c1. The zero-order valence-electron chi connectivity index (χ0n) is 26.5. The first-order chi connectivity index (χ1) is 22.0. The Bertz CT molecular complexity index is 1780. The number of carbonyl (C=O) groups excluding carboxylic acids is 2. The predicted molar refractivity (Wildman–Crippen MR) is 180 cm³/mol. The number of likely N-dealkylation sites (N-methyl/N-ethyl adjacent to an activating group) is 1. The van der Waals surface area contributed by atoms with Crippen molar-refractivity contribution in [2.24, 2.45) is 0 Å². The fourth-order valence-corrected chi connectivity index (χ4v) is 6.87. The minimum absolute atomic E-state index is 0.0273. The Balaban J connectivity index is 1.85. The van der Waals surface area contributed by atoms with Crippen LogP contribution in [0.25, 0.3) is 0 Å². The summed E-state index contributed by atoms with van der Waals surface area (Å²) in [4.78, 5) is 29.3. The third-order valence-electron chi connectivity index (χ3n) is 7.53. The number of aryl methyl sites for hydroxylation is 2. The first-order valence-corrected chi connectivity index (χ1v) is 16.4. The summed E-state index contributed by atoms with van der Waals surface area (Å²) in [5, 5.41) is 3.09. The molecule has 1 atom stereocenters. The van der Waals surface area contributed by atoms with Crippen molar-refractivity contribution < 1.29 is 27.5 Å². The Morgan fingerprint density at radius 3 is 2.09 bits per heavy atom. The van der Waals surface area contributed by atoms with Gasteiger partial charge in [0.15, 0.2) is 11.5 Å². The van der Waals surface area contributed by atoms with Gasteiger partial charge in [0.2, 0.25) is 11.8 Å². The van der Waals surface area contributed by atoms with Gasteiger partial charge in [0, 0.05) is 31.1 Å². The lowest BCUT2D eigenvalue weighted by molar-refractivity contribution is -0.139. The molecule has 242 valence electrons. The third-order valence-corrected chi connectivity index (χ3v) is 9.67. The molecule has 0 aliphatic rings. The number of halogens is 1. The van der Waals surface area contributed by atoms with Gasteiger partial charge in [-0.15, -0.1) is 0 Å². The Labute approximate surface area is 275 Å². The summed E-state index contributed by atoms with van der Waals surface area (Å²) in [5.41, 5.74) is 3.38. The maximum absolute atomic E-state index is 14.5. The fraction of sp³-hybridized carbons (Fsp3) is 0.257. The van der Waals surface area contributed by atoms with Crippen molar-refractivity contribution in [1.82, 2.24) is 10.2 Å². The normalized spacial score (nSPS) is 11.8. The molecule has 0 radical (unpaired) electrons. The average molecular weight is 664 g/mol. The Morgan fingerprint density at radius 2 is 1.48 bits per heavy atom. The average Bonchev–Trinajstić information content (AvgIpc) is 3.05. The maximum atomic E-state index is 14.5. The molecule has 0 heterocycles. The van der Waals surface area contributed by atoms with Gasteiger partial charge in [0.1, 0.15) is 12.6 Å². The smallest absolute Gasteiger partial charge is 0.264 e. The minimum atomic E-state index is -4.34. The first-order valence-electron chi connectivity index (χ1n) is 14.6. The van der Waals surface area contributed by atoms with Gasteiger partial charge in [-0.05, 0) is 66.4 Å². The van der Waals surface area contributed by atoms with Crippen LogP contribution in [0.5, 0.6) is 11.5 Å². The van der Waals surface area contributed by atoms with E-state index < -0.39 is 34.4 Å². The van der Waals surface area contributed by atoms with Crippen molar-refractivity contribution in [2.45, 2.75) is 37.8 Å². The van der Waals surface area contributed by atoms with Crippen molar-refractivity contribution in [1.29, 1.82) is 0 Å². The molecule has 46 heavy (non-hydrogen) atoms. The summed E-state index contributed by atoms with van der Waals surface area (Å²) in [6.07, 6.45) is 0.197. The minimum Gasteiger partial charge on any atom is -0.493 e. The number of rotatable bonds is 13. The van der Waals surface area contributed by atoms with Gasteiger partial charge in [-0.2, -0.15) is 0 Å². The summed E-state index contributed by atoms with van der Waals surface area (Å²) in [6.45, 7) is 3.09. The molecule has 1 N–H and O–H groups in total. The zero-order valence-corrected chi connectivity index (χ0v) is 28.1. The van der Waals surface area contributed by atoms with E-state index in [1.54, 1.807) is 36.4 Å². The fourth-order valence-electron chi connectivity index (χ4n) is 5.26. The van der Waals surface area contributed by atoms with E-state index in [0.29, 0.717) is 22.0 Å². The lowest BCUT2D eigenvalue weighted by Gasteiger charge is -2.34. The molecule has 4 aromatic carbocycles. The second-order valence-electron chi connectivity index (χ2n) is 10.8. The van der Waals surface area contributed by atoms with Crippen LogP contribution in [0.4, 0.5) is 5.69 Å². The van der Waals surface area contributed by atoms with Gasteiger partial charge in [-0.25, -0.2) is 8.42 Å². The van der Waals surface area contributed by atoms with Crippen molar-refractivity contribution in [3.8, 4) is 11.5 Å². The number of hydrogen-bond donors (Lipinski definition) is 1. The van der Waals surface area contributed by atoms with Crippen LogP contribution in [-0.4, -0.2) is 59.0 Å². The van der Waals surface area contributed by atoms with E-state index in [1.807, 2.05) is 50.2 Å². The number of ether oxygens (including phenoxy) is 2. The number of sulfonamides is 1. The van der Waals surface area contributed by atoms with E-state index >= 15 is 0 Å². The number of anilines is 1. The highest BCUT2D eigenvalue weighted by atomic mass is 35.5. The molecule has 0 fully saturated rings. The van der Waals surface area contributed by atoms with Gasteiger partial charge in [-0.3, -0.25) is 13.9 Å². The predicted octanol–water partition coefficient (Wildman–Crippen LogP) is 5.56. The maximum Gasteiger partial charge on any atom is 0.264 e. The highest BCUT2D eigenvalue weighted by Crippen LogP contribution is 2.33. The molecule has 0 aliphatic carbocycles. The quantitative estimate of drug-likeness (QED) is 0.201. The molecule has 9 nitrogen and oxygen atoms in total. The van der Waals surface area contributed by atoms with Crippen molar-refractivity contribution >= 4 is 39.1 Å². The first kappa shape index (κ1) is 34.3. The zero-order chi connectivity index (χ0) is 33.4. The molecule has 0 unspecified atom stereocenters. The van der Waals surface area contributed by atoms with Crippen molar-refractivity contribution in [3.05, 3.63) is 118 Å². The van der Waals surface area contributed by atoms with Crippen LogP contribution in [0, 0.1) is 13.8 Å². The lowest BCUT2D eigenvalue weighted by atomic mass is 10.0. The number of nitrogens with one attached hydrogen (secondary N) is 1. The molecule has 0 saturated heterocycles. The molecule has 0 aromatic heterocycles. The Morgan fingerprint density at radius 1 is 0.848 bits per heavy atom. The van der Waals surface area contributed by atoms with Crippen LogP contribution in [0.15, 0.2) is 95.9 Å². The van der Waals surface area contributed by atoms with E-state index in [1.165, 1.54) is 44.4 Å². The largest absolute Gasteiger partial charge is 0.493 e. The molecule has 11 heteroatoms. The topological polar surface area (TPSA) is 105 Å². The van der Waals surface area contributed by atoms with E-state index in [2.05, 4.69) is 5.32 Å². The second kappa shape index (κ2) is 15.2. The van der Waals surface area contributed by atoms with Gasteiger partial charge in [0.25, 0.3) is 10.0 Å². The summed E-state index contributed by atoms with van der Waals surface area (Å²) in [7, 11) is 0.0314. The van der Waals surface area contributed by atoms with Crippen LogP contribution >= 0.6 is 11.6 Å². The molecule has 2 amide bonds. The second-order valence-corrected chi connectivity index (χ2v) is 13.1. The van der Waals surface area contributed by atoms with E-state index in [9.17, 15) is 18.0 Å². The highest BCUT2D eigenvalue weighted by molar-refractivity contribution is 7.92. The molecule has 0 bridgehead atoms. The highest BCUT2D eigenvalue weighted by Gasteiger charge is 2.35. The molecule has 0 aliphatic heterocycles. The van der Waals surface area contributed by atoms with Crippen LogP contribution in [0.2, 0.25) is 5.02 Å². The van der Waals surface area contributed by atoms with Crippen molar-refractivity contribution in [2.75, 3.05) is 32.1 Å². The molecule has 0 saturated carbocycles. The molecule has 4 aromatic rings. The number of hydrogen-bond acceptors (Lipinski definition) is 6. The lowest BCUT2D eigenvalue weighted by Crippen LogP contribution is -2.53. The number of benzene rings is 4. The van der Waals surface area contributed by atoms with Crippen LogP contribution < -0.4 is 19.1 Å². The van der Waals surface area contributed by atoms with Crippen LogP contribution in [-0.2, 0) is 32.6 Å². The number of carbonyl (C=O) groups is 2. The summed E-state index contributed by atoms with van der Waals surface area (Å²) in [6, 6.07) is 25.0. The monoisotopic (exact) mass is 663 g/mol. The molecular formula is C35H38ClN3O6S. The summed E-state index contributed by atoms with van der Waals surface area (Å²) >= 11 is 6.53. The van der Waals surface area contributed by atoms with Crippen LogP contribution in [0.3, 0.4) is 0 Å². The van der Waals surface area contributed by atoms with Gasteiger partial charge < -0.3 is 19.7 Å². The Hall–Kier alpha value is -4.54. The number of amides is 2. The van der Waals surface area contributed by atoms with Gasteiger partial charge >= 0.3 is 0 Å². The molecular weight excluding hydrogens is 626 g/mol. The van der Waals surface area contributed by atoms with Crippen LogP contribution in [0.1, 0.15) is 22.3 Å². The van der Waals surface area contributed by atoms with Gasteiger partial charge in [-0.1, -0.05) is 66.2 Å². The standard InChI is InChI=1S/C35H38ClN3O6S/c1-24-17-25(2)19-28(18-24)39(46(42,43)29-15-16-32(44-4)33(21-29)45-5)23-34(40)38(22-27-13-9-10-14-30(27)36)31(35(41)37-3)20-26-11-7-6-8-12-26/h6-19,21,31H,20,22-23H2,1-5H3,(H,37,41)/t31-/m0/s1. The third kappa shape index (κ3) is 7.99. The van der Waals surface area contributed by atoms with E-state index in [-0.39, 0.29) is 23.6 Å². The van der Waals surface area contributed by atoms with Gasteiger partial charge in [0.05, 0.1) is 24.8 Å². The van der Waals surface area contributed by atoms with Crippen molar-refractivity contribution in [3.63, 3.8) is 0 Å². The summed E-state index contributed by atoms with van der Waals surface area (Å²) in [5.74, 6) is -0.411. The van der Waals surface area contributed by atoms with E-state index in [0.717, 1.165) is 21.0 Å². The number of nitrogens with zero attached hydrogens (tertiary/aromatic N) is 2. The molecule has 0 spiro atoms. The van der Waals surface area contributed by atoms with E-state index in [4.69, 9.17) is 21.1 Å². The summed E-state index contributed by atoms with van der Waals surface area (Å²) < 4.78 is 40.6.